The van der Waals surface area contributed by atoms with Crippen LogP contribution in [-0.2, 0) is 17.6 Å². The molecule has 1 atom stereocenters. The van der Waals surface area contributed by atoms with Gasteiger partial charge in [0.15, 0.2) is 5.16 Å². The van der Waals surface area contributed by atoms with Crippen molar-refractivity contribution in [2.45, 2.75) is 88.1 Å². The maximum Gasteiger partial charge on any atom is 0.263 e. The van der Waals surface area contributed by atoms with Crippen LogP contribution in [0.2, 0.25) is 0 Å². The van der Waals surface area contributed by atoms with Gasteiger partial charge in [-0.2, -0.15) is 0 Å². The second kappa shape index (κ2) is 7.47. The fourth-order valence-corrected chi connectivity index (χ4v) is 6.69. The molecule has 0 aromatic carbocycles. The molecule has 2 heterocycles. The van der Waals surface area contributed by atoms with Gasteiger partial charge in [-0.3, -0.25) is 14.2 Å². The second-order valence-electron chi connectivity index (χ2n) is 7.48. The molecule has 2 aliphatic carbocycles. The zero-order valence-electron chi connectivity index (χ0n) is 15.5. The van der Waals surface area contributed by atoms with Gasteiger partial charge < -0.3 is 0 Å². The third-order valence-electron chi connectivity index (χ3n) is 5.76. The Hall–Kier alpha value is -1.14. The van der Waals surface area contributed by atoms with Gasteiger partial charge in [0.05, 0.1) is 10.6 Å². The van der Waals surface area contributed by atoms with Gasteiger partial charge in [-0.15, -0.1) is 11.3 Å². The van der Waals surface area contributed by atoms with Gasteiger partial charge in [0.2, 0.25) is 0 Å². The van der Waals surface area contributed by atoms with Crippen molar-refractivity contribution in [1.82, 2.24) is 9.55 Å². The van der Waals surface area contributed by atoms with Gasteiger partial charge >= 0.3 is 0 Å². The number of fused-ring (bicyclic) bond motifs is 3. The monoisotopic (exact) mass is 390 g/mol. The van der Waals surface area contributed by atoms with Crippen LogP contribution in [0.3, 0.4) is 0 Å². The van der Waals surface area contributed by atoms with Crippen LogP contribution in [0.15, 0.2) is 9.95 Å². The number of carbonyl (C=O) groups excluding carboxylic acids is 1. The number of hydrogen-bond acceptors (Lipinski definition) is 5. The third-order valence-corrected chi connectivity index (χ3v) is 8.06. The summed E-state index contributed by atoms with van der Waals surface area (Å²) in [7, 11) is 0. The van der Waals surface area contributed by atoms with Crippen molar-refractivity contribution in [3.63, 3.8) is 0 Å². The van der Waals surface area contributed by atoms with E-state index in [-0.39, 0.29) is 22.6 Å². The smallest absolute Gasteiger partial charge is 0.263 e. The highest BCUT2D eigenvalue weighted by Gasteiger charge is 2.28. The van der Waals surface area contributed by atoms with E-state index in [1.807, 2.05) is 18.4 Å². The van der Waals surface area contributed by atoms with Gasteiger partial charge in [0.1, 0.15) is 10.6 Å². The normalized spacial score (nSPS) is 19.0. The third kappa shape index (κ3) is 3.15. The highest BCUT2D eigenvalue weighted by Crippen LogP contribution is 2.38. The van der Waals surface area contributed by atoms with Crippen LogP contribution in [-0.4, -0.2) is 20.6 Å². The first kappa shape index (κ1) is 18.2. The topological polar surface area (TPSA) is 52.0 Å². The van der Waals surface area contributed by atoms with Crippen LogP contribution in [0, 0.1) is 0 Å². The average Bonchev–Trinajstić information content (AvgIpc) is 3.28. The lowest BCUT2D eigenvalue weighted by Crippen LogP contribution is -2.28. The molecule has 1 fully saturated rings. The van der Waals surface area contributed by atoms with Gasteiger partial charge in [0, 0.05) is 17.3 Å². The van der Waals surface area contributed by atoms with Crippen LogP contribution in [0.25, 0.3) is 10.2 Å². The predicted molar refractivity (Wildman–Crippen MR) is 109 cm³/mol. The summed E-state index contributed by atoms with van der Waals surface area (Å²) in [5, 5.41) is 1.46. The Balaban J connectivity index is 1.87. The van der Waals surface area contributed by atoms with E-state index in [1.165, 1.54) is 47.9 Å². The number of nitrogens with zero attached hydrogens (tertiary/aromatic N) is 2. The number of ketones is 1. The summed E-state index contributed by atoms with van der Waals surface area (Å²) < 4.78 is 1.95. The summed E-state index contributed by atoms with van der Waals surface area (Å²) in [6, 6.07) is 0.241. The Morgan fingerprint density at radius 2 is 2.00 bits per heavy atom. The number of Topliss-reactive ketones (excluding diaryl/α,β-unsaturated/α-hetero) is 1. The Bertz CT molecular complexity index is 893. The zero-order valence-corrected chi connectivity index (χ0v) is 17.2. The minimum Gasteiger partial charge on any atom is -0.298 e. The maximum absolute atomic E-state index is 13.5. The van der Waals surface area contributed by atoms with Crippen molar-refractivity contribution in [3.8, 4) is 0 Å². The Morgan fingerprint density at radius 3 is 2.73 bits per heavy atom. The van der Waals surface area contributed by atoms with Crippen LogP contribution < -0.4 is 5.56 Å². The quantitative estimate of drug-likeness (QED) is 0.537. The zero-order chi connectivity index (χ0) is 18.3. The van der Waals surface area contributed by atoms with Crippen molar-refractivity contribution in [1.29, 1.82) is 0 Å². The molecular formula is C20H26N2O2S2. The predicted octanol–water partition coefficient (Wildman–Crippen LogP) is 4.91. The summed E-state index contributed by atoms with van der Waals surface area (Å²) in [5.41, 5.74) is 1.40. The van der Waals surface area contributed by atoms with Crippen LogP contribution >= 0.6 is 23.1 Å². The molecule has 2 aromatic rings. The largest absolute Gasteiger partial charge is 0.298 e. The van der Waals surface area contributed by atoms with Crippen LogP contribution in [0.5, 0.6) is 0 Å². The summed E-state index contributed by atoms with van der Waals surface area (Å²) in [6.45, 7) is 3.83. The number of thiophene rings is 1. The second-order valence-corrected chi connectivity index (χ2v) is 9.87. The van der Waals surface area contributed by atoms with Crippen molar-refractivity contribution in [3.05, 3.63) is 20.8 Å². The van der Waals surface area contributed by atoms with Gasteiger partial charge in [-0.05, 0) is 51.0 Å². The molecule has 2 aliphatic rings. The molecule has 0 radical (unpaired) electrons. The lowest BCUT2D eigenvalue weighted by Gasteiger charge is -2.20. The molecular weight excluding hydrogens is 364 g/mol. The number of aryl methyl sites for hydroxylation is 2. The molecule has 0 bridgehead atoms. The van der Waals surface area contributed by atoms with Crippen molar-refractivity contribution < 1.29 is 4.79 Å². The fourth-order valence-electron chi connectivity index (χ4n) is 4.28. The minimum atomic E-state index is -0.161. The highest BCUT2D eigenvalue weighted by molar-refractivity contribution is 8.00. The molecule has 2 aromatic heterocycles. The molecule has 4 rings (SSSR count). The molecule has 0 amide bonds. The Kier molecular flexibility index (Phi) is 5.24. The SMILES string of the molecule is CCC(=O)C(C)Sc1nc2sc3c(c2c(=O)n1C1CCCC1)CCCC3. The van der Waals surface area contributed by atoms with Gasteiger partial charge in [-0.25, -0.2) is 4.98 Å². The molecule has 0 N–H and O–H groups in total. The van der Waals surface area contributed by atoms with Crippen molar-refractivity contribution in [2.75, 3.05) is 0 Å². The minimum absolute atomic E-state index is 0.139. The molecule has 1 saturated carbocycles. The van der Waals surface area contributed by atoms with Gasteiger partial charge in [-0.1, -0.05) is 31.5 Å². The molecule has 140 valence electrons. The summed E-state index contributed by atoms with van der Waals surface area (Å²) >= 11 is 3.17. The number of carbonyl (C=O) groups is 1. The number of rotatable bonds is 5. The average molecular weight is 391 g/mol. The maximum atomic E-state index is 13.5. The first-order chi connectivity index (χ1) is 12.6. The first-order valence-corrected chi connectivity index (χ1v) is 11.6. The molecule has 0 saturated heterocycles. The van der Waals surface area contributed by atoms with E-state index < -0.39 is 0 Å². The lowest BCUT2D eigenvalue weighted by atomic mass is 9.97. The molecule has 6 heteroatoms. The van der Waals surface area contributed by atoms with E-state index in [0.29, 0.717) is 6.42 Å². The summed E-state index contributed by atoms with van der Waals surface area (Å²) in [5.74, 6) is 0.216. The molecule has 4 nitrogen and oxygen atoms in total. The standard InChI is InChI=1S/C20H26N2O2S2/c1-3-15(23)12(2)25-20-21-18-17(14-10-6-7-11-16(14)26-18)19(24)22(20)13-8-4-5-9-13/h12-13H,3-11H2,1-2H3. The van der Waals surface area contributed by atoms with Crippen molar-refractivity contribution in [2.24, 2.45) is 0 Å². The van der Waals surface area contributed by atoms with E-state index in [2.05, 4.69) is 0 Å². The summed E-state index contributed by atoms with van der Waals surface area (Å²) in [4.78, 5) is 32.8. The molecule has 0 aliphatic heterocycles. The van der Waals surface area contributed by atoms with E-state index in [1.54, 1.807) is 11.3 Å². The van der Waals surface area contributed by atoms with E-state index in [4.69, 9.17) is 4.98 Å². The molecule has 0 spiro atoms. The van der Waals surface area contributed by atoms with Gasteiger partial charge in [0.25, 0.3) is 5.56 Å². The number of aromatic nitrogens is 2. The highest BCUT2D eigenvalue weighted by atomic mass is 32.2. The van der Waals surface area contributed by atoms with E-state index in [0.717, 1.165) is 41.1 Å². The molecule has 26 heavy (non-hydrogen) atoms. The summed E-state index contributed by atoms with van der Waals surface area (Å²) in [6.07, 6.45) is 9.42. The molecule has 1 unspecified atom stereocenters. The van der Waals surface area contributed by atoms with Crippen molar-refractivity contribution >= 4 is 39.1 Å². The van der Waals surface area contributed by atoms with E-state index >= 15 is 0 Å². The number of hydrogen-bond donors (Lipinski definition) is 0. The van der Waals surface area contributed by atoms with Crippen LogP contribution in [0.1, 0.15) is 75.3 Å². The Morgan fingerprint density at radius 1 is 1.27 bits per heavy atom. The fraction of sp³-hybridized carbons (Fsp3) is 0.650. The lowest BCUT2D eigenvalue weighted by molar-refractivity contribution is -0.118. The Labute approximate surface area is 162 Å². The first-order valence-electron chi connectivity index (χ1n) is 9.86. The van der Waals surface area contributed by atoms with Crippen LogP contribution in [0.4, 0.5) is 0 Å². The van der Waals surface area contributed by atoms with E-state index in [9.17, 15) is 9.59 Å². The number of thioether (sulfide) groups is 1.